The number of nitrogens with one attached hydrogen (secondary N) is 2. The molecule has 1 amide bonds. The summed E-state index contributed by atoms with van der Waals surface area (Å²) in [5.74, 6) is 0.569. The zero-order valence-corrected chi connectivity index (χ0v) is 14.8. The van der Waals surface area contributed by atoms with Gasteiger partial charge in [0, 0.05) is 53.1 Å². The van der Waals surface area contributed by atoms with Gasteiger partial charge in [0.15, 0.2) is 0 Å². The summed E-state index contributed by atoms with van der Waals surface area (Å²) in [6, 6.07) is 13.3. The first-order chi connectivity index (χ1) is 13.2. The number of aromatic nitrogens is 3. The number of hydrogen-bond donors (Lipinski definition) is 2. The summed E-state index contributed by atoms with van der Waals surface area (Å²) in [7, 11) is 1.61. The van der Waals surface area contributed by atoms with Crippen LogP contribution in [0.4, 0.5) is 5.69 Å². The molecule has 0 atom stereocenters. The fraction of sp³-hybridized carbons (Fsp3) is 0.0952. The lowest BCUT2D eigenvalue weighted by Crippen LogP contribution is -2.14. The van der Waals surface area contributed by atoms with E-state index in [1.54, 1.807) is 25.7 Å². The van der Waals surface area contributed by atoms with Gasteiger partial charge in [-0.15, -0.1) is 0 Å². The lowest BCUT2D eigenvalue weighted by molar-refractivity contribution is -0.115. The number of aromatic amines is 1. The first kappa shape index (κ1) is 16.8. The van der Waals surface area contributed by atoms with Crippen molar-refractivity contribution < 1.29 is 9.53 Å². The molecule has 0 radical (unpaired) electrons. The van der Waals surface area contributed by atoms with Crippen molar-refractivity contribution in [3.8, 4) is 16.9 Å². The molecule has 0 saturated carbocycles. The summed E-state index contributed by atoms with van der Waals surface area (Å²) in [5.41, 5.74) is 4.26. The van der Waals surface area contributed by atoms with Gasteiger partial charge in [0.1, 0.15) is 11.4 Å². The molecule has 0 aliphatic heterocycles. The van der Waals surface area contributed by atoms with E-state index in [1.807, 2.05) is 42.6 Å². The second-order valence-corrected chi connectivity index (χ2v) is 6.14. The molecule has 0 spiro atoms. The zero-order chi connectivity index (χ0) is 18.6. The van der Waals surface area contributed by atoms with E-state index in [-0.39, 0.29) is 12.3 Å². The van der Waals surface area contributed by atoms with E-state index in [9.17, 15) is 4.79 Å². The monoisotopic (exact) mass is 358 g/mol. The van der Waals surface area contributed by atoms with Crippen molar-refractivity contribution in [3.63, 3.8) is 0 Å². The number of fused-ring (bicyclic) bond motifs is 1. The quantitative estimate of drug-likeness (QED) is 0.568. The van der Waals surface area contributed by atoms with Gasteiger partial charge in [-0.05, 0) is 35.9 Å². The van der Waals surface area contributed by atoms with Gasteiger partial charge in [-0.2, -0.15) is 0 Å². The van der Waals surface area contributed by atoms with Crippen LogP contribution in [0.25, 0.3) is 22.2 Å². The first-order valence-electron chi connectivity index (χ1n) is 8.53. The van der Waals surface area contributed by atoms with Crippen molar-refractivity contribution in [1.82, 2.24) is 15.0 Å². The molecule has 0 aliphatic rings. The number of nitrogens with zero attached hydrogens (tertiary/aromatic N) is 2. The van der Waals surface area contributed by atoms with Crippen LogP contribution >= 0.6 is 0 Å². The maximum Gasteiger partial charge on any atom is 0.228 e. The van der Waals surface area contributed by atoms with Crippen molar-refractivity contribution in [2.45, 2.75) is 6.42 Å². The van der Waals surface area contributed by atoms with Crippen LogP contribution in [0.3, 0.4) is 0 Å². The Bertz CT molecular complexity index is 1090. The summed E-state index contributed by atoms with van der Waals surface area (Å²) in [4.78, 5) is 23.8. The van der Waals surface area contributed by atoms with Gasteiger partial charge in [0.2, 0.25) is 5.91 Å². The second kappa shape index (κ2) is 7.29. The van der Waals surface area contributed by atoms with Gasteiger partial charge in [-0.1, -0.05) is 6.07 Å². The van der Waals surface area contributed by atoms with Crippen molar-refractivity contribution in [2.75, 3.05) is 12.4 Å². The highest BCUT2D eigenvalue weighted by Crippen LogP contribution is 2.33. The molecule has 3 heterocycles. The third-order valence-electron chi connectivity index (χ3n) is 4.28. The minimum atomic E-state index is -0.104. The predicted molar refractivity (Wildman–Crippen MR) is 105 cm³/mol. The molecule has 3 aromatic heterocycles. The third kappa shape index (κ3) is 3.64. The number of anilines is 1. The number of ether oxygens (including phenoxy) is 1. The van der Waals surface area contributed by atoms with Crippen LogP contribution in [0.15, 0.2) is 67.3 Å². The number of pyridine rings is 2. The summed E-state index contributed by atoms with van der Waals surface area (Å²) in [6.45, 7) is 0. The van der Waals surface area contributed by atoms with Gasteiger partial charge in [-0.3, -0.25) is 9.78 Å². The third-order valence-corrected chi connectivity index (χ3v) is 4.28. The van der Waals surface area contributed by atoms with E-state index < -0.39 is 0 Å². The fourth-order valence-corrected chi connectivity index (χ4v) is 2.99. The molecule has 6 nitrogen and oxygen atoms in total. The Morgan fingerprint density at radius 3 is 2.93 bits per heavy atom. The molecule has 2 N–H and O–H groups in total. The largest absolute Gasteiger partial charge is 0.496 e. The minimum absolute atomic E-state index is 0.104. The average Bonchev–Trinajstić information content (AvgIpc) is 3.16. The molecule has 0 fully saturated rings. The predicted octanol–water partition coefficient (Wildman–Crippen LogP) is 3.81. The van der Waals surface area contributed by atoms with Crippen molar-refractivity contribution in [2.24, 2.45) is 0 Å². The molecule has 0 saturated heterocycles. The molecule has 6 heteroatoms. The summed E-state index contributed by atoms with van der Waals surface area (Å²) in [6.07, 6.45) is 7.31. The number of carbonyl (C=O) groups excluding carboxylic acids is 1. The molecule has 4 aromatic rings. The van der Waals surface area contributed by atoms with Crippen molar-refractivity contribution in [1.29, 1.82) is 0 Å². The molecule has 1 aromatic carbocycles. The summed E-state index contributed by atoms with van der Waals surface area (Å²) >= 11 is 0. The maximum absolute atomic E-state index is 12.3. The number of carbonyl (C=O) groups is 1. The van der Waals surface area contributed by atoms with Gasteiger partial charge in [0.05, 0.1) is 13.5 Å². The van der Waals surface area contributed by atoms with E-state index in [0.29, 0.717) is 11.4 Å². The van der Waals surface area contributed by atoms with Gasteiger partial charge in [0.25, 0.3) is 0 Å². The van der Waals surface area contributed by atoms with E-state index in [1.165, 1.54) is 0 Å². The number of H-pyrrole nitrogens is 1. The van der Waals surface area contributed by atoms with Crippen molar-refractivity contribution >= 4 is 22.6 Å². The van der Waals surface area contributed by atoms with Crippen LogP contribution in [-0.4, -0.2) is 28.0 Å². The Labute approximate surface area is 156 Å². The first-order valence-corrected chi connectivity index (χ1v) is 8.53. The highest BCUT2D eigenvalue weighted by molar-refractivity contribution is 5.93. The molecule has 0 bridgehead atoms. The van der Waals surface area contributed by atoms with Gasteiger partial charge in [-0.25, -0.2) is 4.98 Å². The van der Waals surface area contributed by atoms with Gasteiger partial charge < -0.3 is 15.0 Å². The van der Waals surface area contributed by atoms with Crippen LogP contribution in [0.5, 0.6) is 5.75 Å². The number of amides is 1. The molecular weight excluding hydrogens is 340 g/mol. The van der Waals surface area contributed by atoms with Crippen LogP contribution < -0.4 is 10.1 Å². The van der Waals surface area contributed by atoms with Gasteiger partial charge >= 0.3 is 0 Å². The molecule has 27 heavy (non-hydrogen) atoms. The number of hydrogen-bond acceptors (Lipinski definition) is 4. The van der Waals surface area contributed by atoms with E-state index in [0.717, 1.165) is 27.7 Å². The smallest absolute Gasteiger partial charge is 0.228 e. The number of benzene rings is 1. The second-order valence-electron chi connectivity index (χ2n) is 6.14. The minimum Gasteiger partial charge on any atom is -0.496 e. The number of rotatable bonds is 5. The van der Waals surface area contributed by atoms with Crippen LogP contribution in [-0.2, 0) is 11.2 Å². The van der Waals surface area contributed by atoms with Crippen LogP contribution in [0, 0.1) is 0 Å². The van der Waals surface area contributed by atoms with Crippen molar-refractivity contribution in [3.05, 3.63) is 72.8 Å². The Morgan fingerprint density at radius 2 is 2.11 bits per heavy atom. The molecule has 0 unspecified atom stereocenters. The fourth-order valence-electron chi connectivity index (χ4n) is 2.99. The number of methoxy groups -OCH3 is 1. The van der Waals surface area contributed by atoms with Crippen LogP contribution in [0.2, 0.25) is 0 Å². The average molecular weight is 358 g/mol. The molecule has 0 aliphatic carbocycles. The molecule has 134 valence electrons. The lowest BCUT2D eigenvalue weighted by atomic mass is 10.0. The van der Waals surface area contributed by atoms with Crippen LogP contribution in [0.1, 0.15) is 5.56 Å². The highest BCUT2D eigenvalue weighted by atomic mass is 16.5. The zero-order valence-electron chi connectivity index (χ0n) is 14.8. The van der Waals surface area contributed by atoms with E-state index in [2.05, 4.69) is 26.3 Å². The SMILES string of the molecule is COc1cc(NC(=O)Cc2cccnc2)ccc1-c1cnc2[nH]ccc2c1. The Hall–Kier alpha value is -3.67. The summed E-state index contributed by atoms with van der Waals surface area (Å²) in [5, 5.41) is 3.93. The Kier molecular flexibility index (Phi) is 4.53. The standard InChI is InChI=1S/C21H18N4O2/c1-27-19-11-17(25-20(26)9-14-3-2-7-22-12-14)4-5-18(19)16-10-15-6-8-23-21(15)24-13-16/h2-8,10-13H,9H2,1H3,(H,23,24)(H,25,26). The maximum atomic E-state index is 12.3. The normalized spacial score (nSPS) is 10.7. The Morgan fingerprint density at radius 1 is 1.19 bits per heavy atom. The van der Waals surface area contributed by atoms with E-state index in [4.69, 9.17) is 4.74 Å². The Balaban J connectivity index is 1.56. The molecular formula is C21H18N4O2. The topological polar surface area (TPSA) is 79.9 Å². The van der Waals surface area contributed by atoms with E-state index >= 15 is 0 Å². The molecule has 4 rings (SSSR count). The lowest BCUT2D eigenvalue weighted by Gasteiger charge is -2.12. The highest BCUT2D eigenvalue weighted by Gasteiger charge is 2.11. The summed E-state index contributed by atoms with van der Waals surface area (Å²) < 4.78 is 5.54.